The number of nitrogens with zero attached hydrogens (tertiary/aromatic N) is 2. The molecule has 0 bridgehead atoms. The predicted molar refractivity (Wildman–Crippen MR) is 99.2 cm³/mol. The number of halogens is 2. The molecule has 10 heteroatoms. The number of methoxy groups -OCH3 is 1. The van der Waals surface area contributed by atoms with Crippen LogP contribution in [0.5, 0.6) is 5.75 Å². The number of benzene rings is 1. The normalized spacial score (nSPS) is 18.4. The molecule has 1 atom stereocenters. The predicted octanol–water partition coefficient (Wildman–Crippen LogP) is 1.58. The van der Waals surface area contributed by atoms with Crippen LogP contribution in [0.2, 0.25) is 5.02 Å². The van der Waals surface area contributed by atoms with Gasteiger partial charge in [0.25, 0.3) is 5.91 Å². The highest BCUT2D eigenvalue weighted by Gasteiger charge is 2.33. The van der Waals surface area contributed by atoms with E-state index >= 15 is 0 Å². The Labute approximate surface area is 159 Å². The van der Waals surface area contributed by atoms with Crippen LogP contribution < -0.4 is 10.5 Å². The van der Waals surface area contributed by atoms with E-state index in [1.54, 1.807) is 14.1 Å². The van der Waals surface area contributed by atoms with Crippen molar-refractivity contribution in [2.75, 3.05) is 34.3 Å². The summed E-state index contributed by atoms with van der Waals surface area (Å²) in [6.07, 6.45) is 1.47. The lowest BCUT2D eigenvalue weighted by molar-refractivity contribution is 0.0823. The quantitative estimate of drug-likeness (QED) is 0.811. The van der Waals surface area contributed by atoms with E-state index in [1.807, 2.05) is 0 Å². The lowest BCUT2D eigenvalue weighted by atomic mass is 10.1. The van der Waals surface area contributed by atoms with E-state index in [0.29, 0.717) is 13.0 Å². The first-order chi connectivity index (χ1) is 11.2. The van der Waals surface area contributed by atoms with Gasteiger partial charge < -0.3 is 15.4 Å². The molecule has 25 heavy (non-hydrogen) atoms. The molecule has 1 fully saturated rings. The molecule has 142 valence electrons. The zero-order valence-electron chi connectivity index (χ0n) is 14.4. The van der Waals surface area contributed by atoms with Crippen LogP contribution in [0.3, 0.4) is 0 Å². The number of amides is 1. The van der Waals surface area contributed by atoms with Gasteiger partial charge in [-0.2, -0.15) is 4.31 Å². The average Bonchev–Trinajstić information content (AvgIpc) is 2.53. The van der Waals surface area contributed by atoms with Crippen molar-refractivity contribution in [3.8, 4) is 5.75 Å². The van der Waals surface area contributed by atoms with E-state index in [9.17, 15) is 13.2 Å². The SMILES string of the molecule is COc1c(C(=O)N(C)C)cc(Cl)cc1S(=O)(=O)N1CCCC(N)C1.Cl. The molecule has 1 heterocycles. The van der Waals surface area contributed by atoms with Crippen molar-refractivity contribution < 1.29 is 17.9 Å². The minimum Gasteiger partial charge on any atom is -0.494 e. The molecule has 1 aliphatic rings. The van der Waals surface area contributed by atoms with Crippen molar-refractivity contribution >= 4 is 39.9 Å². The van der Waals surface area contributed by atoms with Gasteiger partial charge in [-0.05, 0) is 25.0 Å². The molecule has 1 saturated heterocycles. The minimum atomic E-state index is -3.87. The lowest BCUT2D eigenvalue weighted by Crippen LogP contribution is -2.45. The van der Waals surface area contributed by atoms with Crippen LogP contribution in [0.25, 0.3) is 0 Å². The molecule has 0 spiro atoms. The zero-order chi connectivity index (χ0) is 18.1. The number of carbonyl (C=O) groups excluding carboxylic acids is 1. The molecule has 1 unspecified atom stereocenters. The Hall–Kier alpha value is -1.06. The van der Waals surface area contributed by atoms with Gasteiger partial charge in [-0.1, -0.05) is 11.6 Å². The molecular weight excluding hydrogens is 389 g/mol. The summed E-state index contributed by atoms with van der Waals surface area (Å²) in [5, 5.41) is 0.154. The molecule has 0 aromatic heterocycles. The molecule has 1 aromatic carbocycles. The highest BCUT2D eigenvalue weighted by Crippen LogP contribution is 2.35. The second kappa shape index (κ2) is 8.55. The summed E-state index contributed by atoms with van der Waals surface area (Å²) in [5.41, 5.74) is 6.00. The fourth-order valence-corrected chi connectivity index (χ4v) is 4.72. The van der Waals surface area contributed by atoms with Crippen molar-refractivity contribution in [2.45, 2.75) is 23.8 Å². The van der Waals surface area contributed by atoms with Crippen LogP contribution in [0.4, 0.5) is 0 Å². The van der Waals surface area contributed by atoms with Gasteiger partial charge in [0.05, 0.1) is 12.7 Å². The fourth-order valence-electron chi connectivity index (χ4n) is 2.70. The maximum Gasteiger partial charge on any atom is 0.257 e. The largest absolute Gasteiger partial charge is 0.494 e. The van der Waals surface area contributed by atoms with Crippen LogP contribution in [-0.2, 0) is 10.0 Å². The third-order valence-corrected chi connectivity index (χ3v) is 5.99. The Kier molecular flexibility index (Phi) is 7.52. The summed E-state index contributed by atoms with van der Waals surface area (Å²) in [6.45, 7) is 0.609. The Morgan fingerprint density at radius 3 is 2.56 bits per heavy atom. The molecule has 0 aliphatic carbocycles. The van der Waals surface area contributed by atoms with E-state index in [4.69, 9.17) is 22.1 Å². The van der Waals surface area contributed by atoms with Crippen molar-refractivity contribution in [1.82, 2.24) is 9.21 Å². The summed E-state index contributed by atoms with van der Waals surface area (Å²) in [6, 6.07) is 2.51. The van der Waals surface area contributed by atoms with Gasteiger partial charge in [-0.15, -0.1) is 12.4 Å². The van der Waals surface area contributed by atoms with E-state index in [-0.39, 0.29) is 52.1 Å². The van der Waals surface area contributed by atoms with E-state index in [2.05, 4.69) is 0 Å². The standard InChI is InChI=1S/C15H22ClN3O4S.ClH/c1-18(2)15(20)12-7-10(16)8-13(14(12)23-3)24(21,22)19-6-4-5-11(17)9-19;/h7-8,11H,4-6,9,17H2,1-3H3;1H. The smallest absolute Gasteiger partial charge is 0.257 e. The maximum absolute atomic E-state index is 13.0. The van der Waals surface area contributed by atoms with Gasteiger partial charge in [0, 0.05) is 38.2 Å². The van der Waals surface area contributed by atoms with Crippen molar-refractivity contribution in [3.63, 3.8) is 0 Å². The number of nitrogens with two attached hydrogens (primary N) is 1. The minimum absolute atomic E-state index is 0. The van der Waals surface area contributed by atoms with Crippen LogP contribution in [0.1, 0.15) is 23.2 Å². The number of ether oxygens (including phenoxy) is 1. The number of hydrogen-bond donors (Lipinski definition) is 1. The maximum atomic E-state index is 13.0. The average molecular weight is 412 g/mol. The number of piperidine rings is 1. The molecule has 0 saturated carbocycles. The summed E-state index contributed by atoms with van der Waals surface area (Å²) in [7, 11) is 0.601. The van der Waals surface area contributed by atoms with E-state index in [1.165, 1.54) is 28.4 Å². The number of sulfonamides is 1. The first-order valence-corrected chi connectivity index (χ1v) is 9.35. The highest BCUT2D eigenvalue weighted by atomic mass is 35.5. The highest BCUT2D eigenvalue weighted by molar-refractivity contribution is 7.89. The summed E-state index contributed by atoms with van der Waals surface area (Å²) in [5.74, 6) is -0.390. The third-order valence-electron chi connectivity index (χ3n) is 3.90. The van der Waals surface area contributed by atoms with Crippen molar-refractivity contribution in [1.29, 1.82) is 0 Å². The van der Waals surface area contributed by atoms with E-state index < -0.39 is 10.0 Å². The monoisotopic (exact) mass is 411 g/mol. The molecule has 1 aromatic rings. The topological polar surface area (TPSA) is 92.9 Å². The summed E-state index contributed by atoms with van der Waals surface area (Å²) >= 11 is 6.07. The second-order valence-electron chi connectivity index (χ2n) is 5.95. The number of hydrogen-bond acceptors (Lipinski definition) is 5. The first-order valence-electron chi connectivity index (χ1n) is 7.53. The molecule has 2 N–H and O–H groups in total. The summed E-state index contributed by atoms with van der Waals surface area (Å²) < 4.78 is 32.6. The van der Waals surface area contributed by atoms with Crippen molar-refractivity contribution in [2.24, 2.45) is 5.73 Å². The Bertz CT molecular complexity index is 741. The van der Waals surface area contributed by atoms with Crippen LogP contribution in [-0.4, -0.2) is 63.9 Å². The van der Waals surface area contributed by atoms with Gasteiger partial charge in [0.2, 0.25) is 10.0 Å². The summed E-state index contributed by atoms with van der Waals surface area (Å²) in [4.78, 5) is 13.6. The van der Waals surface area contributed by atoms with Crippen LogP contribution >= 0.6 is 24.0 Å². The Morgan fingerprint density at radius 2 is 2.04 bits per heavy atom. The molecule has 1 amide bonds. The van der Waals surface area contributed by atoms with Gasteiger partial charge in [0.1, 0.15) is 4.90 Å². The number of rotatable bonds is 4. The van der Waals surface area contributed by atoms with Gasteiger partial charge in [-0.25, -0.2) is 8.42 Å². The molecule has 7 nitrogen and oxygen atoms in total. The van der Waals surface area contributed by atoms with Crippen molar-refractivity contribution in [3.05, 3.63) is 22.7 Å². The molecule has 2 rings (SSSR count). The van der Waals surface area contributed by atoms with E-state index in [0.717, 1.165) is 6.42 Å². The molecule has 0 radical (unpaired) electrons. The van der Waals surface area contributed by atoms with Gasteiger partial charge in [-0.3, -0.25) is 4.79 Å². The second-order valence-corrected chi connectivity index (χ2v) is 8.29. The zero-order valence-corrected chi connectivity index (χ0v) is 16.7. The van der Waals surface area contributed by atoms with Crippen LogP contribution in [0.15, 0.2) is 17.0 Å². The third kappa shape index (κ3) is 4.57. The van der Waals surface area contributed by atoms with Gasteiger partial charge in [0.15, 0.2) is 5.75 Å². The van der Waals surface area contributed by atoms with Gasteiger partial charge >= 0.3 is 0 Å². The molecule has 1 aliphatic heterocycles. The van der Waals surface area contributed by atoms with Crippen LogP contribution in [0, 0.1) is 0 Å². The lowest BCUT2D eigenvalue weighted by Gasteiger charge is -2.30. The number of carbonyl (C=O) groups is 1. The Balaban J connectivity index is 0.00000312. The Morgan fingerprint density at radius 1 is 1.40 bits per heavy atom. The molecular formula is C15H23Cl2N3O4S. The fraction of sp³-hybridized carbons (Fsp3) is 0.533. The first kappa shape index (κ1) is 22.0.